The summed E-state index contributed by atoms with van der Waals surface area (Å²) in [5.41, 5.74) is 3.74. The molecule has 23 heavy (non-hydrogen) atoms. The van der Waals surface area contributed by atoms with Gasteiger partial charge in [-0.05, 0) is 75.8 Å². The summed E-state index contributed by atoms with van der Waals surface area (Å²) in [4.78, 5) is 5.14. The molecule has 0 N–H and O–H groups in total. The van der Waals surface area contributed by atoms with E-state index in [4.69, 9.17) is 0 Å². The van der Waals surface area contributed by atoms with Crippen LogP contribution in [0.4, 0.5) is 0 Å². The van der Waals surface area contributed by atoms with Crippen molar-refractivity contribution in [2.45, 2.75) is 50.5 Å². The quantitative estimate of drug-likeness (QED) is 0.817. The number of hydrogen-bond acceptors (Lipinski definition) is 2. The van der Waals surface area contributed by atoms with Crippen LogP contribution in [-0.4, -0.2) is 43.5 Å². The largest absolute Gasteiger partial charge is 0.306 e. The highest BCUT2D eigenvalue weighted by molar-refractivity contribution is 5.39. The molecule has 2 fully saturated rings. The molecule has 2 nitrogen and oxygen atoms in total. The zero-order chi connectivity index (χ0) is 15.9. The second kappa shape index (κ2) is 6.22. The molecule has 3 aliphatic rings. The summed E-state index contributed by atoms with van der Waals surface area (Å²) in [6, 6.07) is 9.41. The molecule has 1 unspecified atom stereocenters. The summed E-state index contributed by atoms with van der Waals surface area (Å²) < 4.78 is 0. The van der Waals surface area contributed by atoms with Gasteiger partial charge in [0.2, 0.25) is 0 Å². The van der Waals surface area contributed by atoms with Gasteiger partial charge in [0.1, 0.15) is 0 Å². The minimum absolute atomic E-state index is 0.418. The lowest BCUT2D eigenvalue weighted by Crippen LogP contribution is -2.55. The van der Waals surface area contributed by atoms with Crippen molar-refractivity contribution in [2.24, 2.45) is 11.8 Å². The molecule has 4 rings (SSSR count). The molecular formula is C21H32N2. The van der Waals surface area contributed by atoms with Gasteiger partial charge in [0, 0.05) is 18.5 Å². The molecule has 1 aromatic rings. The standard InChI is InChI=1S/C21H32N2/c1-22-13-11-19(12-14-22)21(18-8-4-5-9-18)16-23(2)15-17-7-3-6-10-20(17)21/h3,6-7,10,18-19H,4-5,8-9,11-16H2,1-2H3. The first-order chi connectivity index (χ1) is 11.2. The minimum atomic E-state index is 0.418. The van der Waals surface area contributed by atoms with Crippen LogP contribution in [0, 0.1) is 11.8 Å². The smallest absolute Gasteiger partial charge is 0.0234 e. The van der Waals surface area contributed by atoms with Crippen molar-refractivity contribution < 1.29 is 0 Å². The normalized spacial score (nSPS) is 31.4. The van der Waals surface area contributed by atoms with E-state index in [1.165, 1.54) is 58.2 Å². The molecule has 2 heterocycles. The highest BCUT2D eigenvalue weighted by atomic mass is 15.1. The summed E-state index contributed by atoms with van der Waals surface area (Å²) >= 11 is 0. The van der Waals surface area contributed by atoms with E-state index in [1.807, 2.05) is 0 Å². The Hall–Kier alpha value is -0.860. The Morgan fingerprint density at radius 1 is 0.870 bits per heavy atom. The number of rotatable bonds is 2. The monoisotopic (exact) mass is 312 g/mol. The molecule has 1 aliphatic carbocycles. The molecule has 0 radical (unpaired) electrons. The number of benzene rings is 1. The second-order valence-electron chi connectivity index (χ2n) is 8.43. The average Bonchev–Trinajstić information content (AvgIpc) is 3.09. The summed E-state index contributed by atoms with van der Waals surface area (Å²) in [6.45, 7) is 4.98. The van der Waals surface area contributed by atoms with E-state index in [1.54, 1.807) is 11.1 Å². The molecule has 1 atom stereocenters. The lowest BCUT2D eigenvalue weighted by atomic mass is 9.57. The molecule has 2 aliphatic heterocycles. The van der Waals surface area contributed by atoms with Crippen molar-refractivity contribution in [3.05, 3.63) is 35.4 Å². The van der Waals surface area contributed by atoms with Gasteiger partial charge in [-0.1, -0.05) is 37.1 Å². The van der Waals surface area contributed by atoms with Gasteiger partial charge in [-0.2, -0.15) is 0 Å². The number of hydrogen-bond donors (Lipinski definition) is 0. The van der Waals surface area contributed by atoms with E-state index in [-0.39, 0.29) is 0 Å². The Kier molecular flexibility index (Phi) is 4.23. The third kappa shape index (κ3) is 2.64. The summed E-state index contributed by atoms with van der Waals surface area (Å²) in [5.74, 6) is 1.77. The van der Waals surface area contributed by atoms with Crippen LogP contribution in [0.3, 0.4) is 0 Å². The van der Waals surface area contributed by atoms with Crippen LogP contribution < -0.4 is 0 Å². The molecule has 1 aromatic carbocycles. The first-order valence-electron chi connectivity index (χ1n) is 9.65. The van der Waals surface area contributed by atoms with Gasteiger partial charge in [-0.25, -0.2) is 0 Å². The average molecular weight is 313 g/mol. The number of nitrogens with zero attached hydrogens (tertiary/aromatic N) is 2. The summed E-state index contributed by atoms with van der Waals surface area (Å²) in [7, 11) is 4.63. The van der Waals surface area contributed by atoms with Gasteiger partial charge in [0.05, 0.1) is 0 Å². The Morgan fingerprint density at radius 2 is 1.52 bits per heavy atom. The van der Waals surface area contributed by atoms with Crippen molar-refractivity contribution >= 4 is 0 Å². The maximum Gasteiger partial charge on any atom is 0.0234 e. The number of likely N-dealkylation sites (N-methyl/N-ethyl adjacent to an activating group) is 1. The molecule has 1 saturated heterocycles. The number of fused-ring (bicyclic) bond motifs is 1. The topological polar surface area (TPSA) is 6.48 Å². The van der Waals surface area contributed by atoms with Crippen LogP contribution in [0.1, 0.15) is 49.7 Å². The first kappa shape index (κ1) is 15.7. The van der Waals surface area contributed by atoms with Crippen molar-refractivity contribution in [3.63, 3.8) is 0 Å². The Labute approximate surface area is 141 Å². The SMILES string of the molecule is CN1CCC(C2(C3CCCC3)CN(C)Cc3ccccc32)CC1. The Morgan fingerprint density at radius 3 is 2.26 bits per heavy atom. The first-order valence-corrected chi connectivity index (χ1v) is 9.65. The van der Waals surface area contributed by atoms with E-state index < -0.39 is 0 Å². The van der Waals surface area contributed by atoms with E-state index in [0.717, 1.165) is 18.4 Å². The maximum absolute atomic E-state index is 2.61. The fraction of sp³-hybridized carbons (Fsp3) is 0.714. The van der Waals surface area contributed by atoms with Crippen LogP contribution >= 0.6 is 0 Å². The third-order valence-electron chi connectivity index (χ3n) is 7.02. The molecular weight excluding hydrogens is 280 g/mol. The van der Waals surface area contributed by atoms with Gasteiger partial charge in [-0.15, -0.1) is 0 Å². The fourth-order valence-electron chi connectivity index (χ4n) is 5.99. The molecule has 0 bridgehead atoms. The van der Waals surface area contributed by atoms with Gasteiger partial charge < -0.3 is 9.80 Å². The van der Waals surface area contributed by atoms with Crippen molar-refractivity contribution in [3.8, 4) is 0 Å². The van der Waals surface area contributed by atoms with E-state index in [9.17, 15) is 0 Å². The van der Waals surface area contributed by atoms with E-state index >= 15 is 0 Å². The lowest BCUT2D eigenvalue weighted by molar-refractivity contribution is 0.0530. The zero-order valence-electron chi connectivity index (χ0n) is 14.9. The lowest BCUT2D eigenvalue weighted by Gasteiger charge is -2.53. The van der Waals surface area contributed by atoms with Crippen LogP contribution in [0.15, 0.2) is 24.3 Å². The van der Waals surface area contributed by atoms with Crippen molar-refractivity contribution in [2.75, 3.05) is 33.7 Å². The molecule has 0 spiro atoms. The van der Waals surface area contributed by atoms with Crippen molar-refractivity contribution in [1.82, 2.24) is 9.80 Å². The molecule has 126 valence electrons. The van der Waals surface area contributed by atoms with E-state index in [2.05, 4.69) is 48.2 Å². The molecule has 1 saturated carbocycles. The molecule has 0 aromatic heterocycles. The van der Waals surface area contributed by atoms with Gasteiger partial charge in [0.15, 0.2) is 0 Å². The Balaban J connectivity index is 1.79. The minimum Gasteiger partial charge on any atom is -0.306 e. The highest BCUT2D eigenvalue weighted by Gasteiger charge is 2.50. The van der Waals surface area contributed by atoms with Gasteiger partial charge in [0.25, 0.3) is 0 Å². The highest BCUT2D eigenvalue weighted by Crippen LogP contribution is 2.53. The molecule has 0 amide bonds. The number of likely N-dealkylation sites (tertiary alicyclic amines) is 1. The summed E-state index contributed by atoms with van der Waals surface area (Å²) in [5, 5.41) is 0. The fourth-order valence-corrected chi connectivity index (χ4v) is 5.99. The van der Waals surface area contributed by atoms with Gasteiger partial charge in [-0.3, -0.25) is 0 Å². The van der Waals surface area contributed by atoms with Crippen LogP contribution in [0.2, 0.25) is 0 Å². The van der Waals surface area contributed by atoms with Crippen LogP contribution in [0.5, 0.6) is 0 Å². The van der Waals surface area contributed by atoms with E-state index in [0.29, 0.717) is 5.41 Å². The van der Waals surface area contributed by atoms with Crippen LogP contribution in [0.25, 0.3) is 0 Å². The predicted molar refractivity (Wildman–Crippen MR) is 96.6 cm³/mol. The molecule has 2 heteroatoms. The Bertz CT molecular complexity index is 541. The second-order valence-corrected chi connectivity index (χ2v) is 8.43. The summed E-state index contributed by atoms with van der Waals surface area (Å²) in [6.07, 6.45) is 8.57. The predicted octanol–water partition coefficient (Wildman–Crippen LogP) is 3.90. The third-order valence-corrected chi connectivity index (χ3v) is 7.02. The van der Waals surface area contributed by atoms with Crippen molar-refractivity contribution in [1.29, 1.82) is 0 Å². The zero-order valence-corrected chi connectivity index (χ0v) is 14.9. The van der Waals surface area contributed by atoms with Crippen LogP contribution in [-0.2, 0) is 12.0 Å². The van der Waals surface area contributed by atoms with Gasteiger partial charge >= 0.3 is 0 Å². The maximum atomic E-state index is 2.61. The number of piperidine rings is 1.